The van der Waals surface area contributed by atoms with Crippen molar-refractivity contribution in [2.45, 2.75) is 33.3 Å². The van der Waals surface area contributed by atoms with Crippen molar-refractivity contribution in [3.63, 3.8) is 0 Å². The number of esters is 1. The standard InChI is InChI=1S/C29H27NO6/c1-19-15-24(35-26(31)13-14-30-29(33)34-18-22-11-7-4-8-12-22)27-20(2)23(28(32)36-25(27)16-19)17-21-9-5-3-6-10-21/h3-12,15-16H,13-14,17-18H2,1-2H3,(H,30,33). The predicted octanol–water partition coefficient (Wildman–Crippen LogP) is 5.22. The summed E-state index contributed by atoms with van der Waals surface area (Å²) < 4.78 is 16.4. The van der Waals surface area contributed by atoms with Crippen LogP contribution in [0, 0.1) is 13.8 Å². The monoisotopic (exact) mass is 485 g/mol. The molecule has 0 radical (unpaired) electrons. The van der Waals surface area contributed by atoms with E-state index in [0.29, 0.717) is 34.3 Å². The first-order chi connectivity index (χ1) is 17.4. The van der Waals surface area contributed by atoms with Crippen LogP contribution in [-0.4, -0.2) is 18.6 Å². The number of fused-ring (bicyclic) bond motifs is 1. The second kappa shape index (κ2) is 11.4. The largest absolute Gasteiger partial charge is 0.445 e. The van der Waals surface area contributed by atoms with Gasteiger partial charge in [-0.05, 0) is 48.2 Å². The van der Waals surface area contributed by atoms with Gasteiger partial charge in [0.05, 0.1) is 11.8 Å². The summed E-state index contributed by atoms with van der Waals surface area (Å²) in [6.45, 7) is 3.86. The molecule has 1 heterocycles. The van der Waals surface area contributed by atoms with E-state index in [0.717, 1.165) is 16.7 Å². The summed E-state index contributed by atoms with van der Waals surface area (Å²) in [6, 6.07) is 22.4. The summed E-state index contributed by atoms with van der Waals surface area (Å²) >= 11 is 0. The van der Waals surface area contributed by atoms with Crippen LogP contribution in [0.15, 0.2) is 82.0 Å². The molecule has 0 saturated carbocycles. The van der Waals surface area contributed by atoms with Gasteiger partial charge in [-0.1, -0.05) is 60.7 Å². The molecule has 1 N–H and O–H groups in total. The summed E-state index contributed by atoms with van der Waals surface area (Å²) in [5, 5.41) is 3.13. The van der Waals surface area contributed by atoms with Gasteiger partial charge in [0.2, 0.25) is 0 Å². The first kappa shape index (κ1) is 24.7. The Hall–Kier alpha value is -4.39. The van der Waals surface area contributed by atoms with E-state index in [1.165, 1.54) is 0 Å². The van der Waals surface area contributed by atoms with E-state index in [1.807, 2.05) is 74.5 Å². The molecule has 184 valence electrons. The Balaban J connectivity index is 1.44. The van der Waals surface area contributed by atoms with E-state index in [1.54, 1.807) is 12.1 Å². The summed E-state index contributed by atoms with van der Waals surface area (Å²) in [4.78, 5) is 37.2. The number of carbonyl (C=O) groups is 2. The topological polar surface area (TPSA) is 94.8 Å². The van der Waals surface area contributed by atoms with Crippen LogP contribution >= 0.6 is 0 Å². The molecule has 0 aliphatic carbocycles. The average molecular weight is 486 g/mol. The van der Waals surface area contributed by atoms with Gasteiger partial charge in [0.15, 0.2) is 0 Å². The molecule has 0 saturated heterocycles. The minimum absolute atomic E-state index is 0.0530. The van der Waals surface area contributed by atoms with Crippen molar-refractivity contribution < 1.29 is 23.5 Å². The van der Waals surface area contributed by atoms with E-state index >= 15 is 0 Å². The van der Waals surface area contributed by atoms with E-state index in [9.17, 15) is 14.4 Å². The summed E-state index contributed by atoms with van der Waals surface area (Å²) in [6.07, 6.45) is -0.264. The number of alkyl carbamates (subject to hydrolysis) is 1. The van der Waals surface area contributed by atoms with Crippen molar-refractivity contribution in [1.29, 1.82) is 0 Å². The number of amides is 1. The number of aryl methyl sites for hydroxylation is 2. The molecule has 0 bridgehead atoms. The van der Waals surface area contributed by atoms with Gasteiger partial charge >= 0.3 is 17.7 Å². The SMILES string of the molecule is Cc1cc(OC(=O)CCNC(=O)OCc2ccccc2)c2c(C)c(Cc3ccccc3)c(=O)oc2c1. The number of benzene rings is 3. The third-order valence-corrected chi connectivity index (χ3v) is 5.75. The van der Waals surface area contributed by atoms with Crippen molar-refractivity contribution in [1.82, 2.24) is 5.32 Å². The molecule has 0 unspecified atom stereocenters. The second-order valence-electron chi connectivity index (χ2n) is 8.50. The number of rotatable bonds is 8. The van der Waals surface area contributed by atoms with Gasteiger partial charge in [0.25, 0.3) is 0 Å². The molecule has 0 atom stereocenters. The lowest BCUT2D eigenvalue weighted by molar-refractivity contribution is -0.134. The highest BCUT2D eigenvalue weighted by atomic mass is 16.5. The van der Waals surface area contributed by atoms with Crippen molar-refractivity contribution in [3.8, 4) is 5.75 Å². The molecule has 1 amide bonds. The Bertz CT molecular complexity index is 1430. The molecule has 7 nitrogen and oxygen atoms in total. The Labute approximate surface area is 208 Å². The molecule has 36 heavy (non-hydrogen) atoms. The number of hydrogen-bond donors (Lipinski definition) is 1. The Morgan fingerprint density at radius 2 is 1.58 bits per heavy atom. The Morgan fingerprint density at radius 1 is 0.917 bits per heavy atom. The fraction of sp³-hybridized carbons (Fsp3) is 0.207. The van der Waals surface area contributed by atoms with Crippen molar-refractivity contribution >= 4 is 23.0 Å². The lowest BCUT2D eigenvalue weighted by atomic mass is 9.98. The van der Waals surface area contributed by atoms with Crippen LogP contribution in [0.1, 0.15) is 34.2 Å². The fourth-order valence-electron chi connectivity index (χ4n) is 3.94. The van der Waals surface area contributed by atoms with Crippen LogP contribution in [0.5, 0.6) is 5.75 Å². The molecule has 0 aliphatic heterocycles. The van der Waals surface area contributed by atoms with Crippen LogP contribution in [0.4, 0.5) is 4.79 Å². The van der Waals surface area contributed by atoms with Gasteiger partial charge in [0, 0.05) is 18.5 Å². The smallest absolute Gasteiger partial charge is 0.407 e. The van der Waals surface area contributed by atoms with Crippen LogP contribution in [-0.2, 0) is 22.6 Å². The third kappa shape index (κ3) is 6.18. The lowest BCUT2D eigenvalue weighted by Gasteiger charge is -2.13. The van der Waals surface area contributed by atoms with E-state index < -0.39 is 17.7 Å². The molecule has 4 rings (SSSR count). The minimum Gasteiger partial charge on any atom is -0.445 e. The van der Waals surface area contributed by atoms with Gasteiger partial charge in [-0.3, -0.25) is 4.79 Å². The van der Waals surface area contributed by atoms with Crippen molar-refractivity contribution in [2.24, 2.45) is 0 Å². The van der Waals surface area contributed by atoms with Gasteiger partial charge < -0.3 is 19.2 Å². The Morgan fingerprint density at radius 3 is 2.28 bits per heavy atom. The maximum atomic E-state index is 12.7. The molecule has 0 spiro atoms. The summed E-state index contributed by atoms with van der Waals surface area (Å²) in [7, 11) is 0. The van der Waals surface area contributed by atoms with Crippen LogP contribution < -0.4 is 15.7 Å². The zero-order chi connectivity index (χ0) is 25.5. The van der Waals surface area contributed by atoms with E-state index in [-0.39, 0.29) is 19.6 Å². The predicted molar refractivity (Wildman–Crippen MR) is 136 cm³/mol. The molecule has 1 aromatic heterocycles. The molecule has 0 fully saturated rings. The van der Waals surface area contributed by atoms with Gasteiger partial charge in [0.1, 0.15) is 17.9 Å². The number of ether oxygens (including phenoxy) is 2. The fourth-order valence-corrected chi connectivity index (χ4v) is 3.94. The molecular formula is C29H27NO6. The maximum Gasteiger partial charge on any atom is 0.407 e. The number of nitrogens with one attached hydrogen (secondary N) is 1. The highest BCUT2D eigenvalue weighted by Crippen LogP contribution is 2.32. The molecule has 3 aromatic carbocycles. The Kier molecular flexibility index (Phi) is 7.80. The first-order valence-electron chi connectivity index (χ1n) is 11.7. The average Bonchev–Trinajstić information content (AvgIpc) is 2.86. The van der Waals surface area contributed by atoms with E-state index in [2.05, 4.69) is 5.32 Å². The second-order valence-corrected chi connectivity index (χ2v) is 8.50. The van der Waals surface area contributed by atoms with Crippen molar-refractivity contribution in [2.75, 3.05) is 6.54 Å². The normalized spacial score (nSPS) is 10.7. The molecule has 0 aliphatic rings. The number of carbonyl (C=O) groups excluding carboxylic acids is 2. The molecule has 4 aromatic rings. The lowest BCUT2D eigenvalue weighted by Crippen LogP contribution is -2.27. The van der Waals surface area contributed by atoms with Crippen LogP contribution in [0.25, 0.3) is 11.0 Å². The maximum absolute atomic E-state index is 12.7. The first-order valence-corrected chi connectivity index (χ1v) is 11.7. The zero-order valence-corrected chi connectivity index (χ0v) is 20.2. The van der Waals surface area contributed by atoms with Crippen LogP contribution in [0.2, 0.25) is 0 Å². The highest BCUT2D eigenvalue weighted by molar-refractivity contribution is 5.90. The zero-order valence-electron chi connectivity index (χ0n) is 20.2. The van der Waals surface area contributed by atoms with Gasteiger partial charge in [-0.25, -0.2) is 9.59 Å². The van der Waals surface area contributed by atoms with E-state index in [4.69, 9.17) is 13.9 Å². The van der Waals surface area contributed by atoms with Gasteiger partial charge in [-0.2, -0.15) is 0 Å². The molecule has 7 heteroatoms. The number of hydrogen-bond acceptors (Lipinski definition) is 6. The van der Waals surface area contributed by atoms with Gasteiger partial charge in [-0.15, -0.1) is 0 Å². The van der Waals surface area contributed by atoms with Crippen molar-refractivity contribution in [3.05, 3.63) is 111 Å². The summed E-state index contributed by atoms with van der Waals surface area (Å²) in [5.41, 5.74) is 3.79. The quantitative estimate of drug-likeness (QED) is 0.209. The van der Waals surface area contributed by atoms with Crippen LogP contribution in [0.3, 0.4) is 0 Å². The summed E-state index contributed by atoms with van der Waals surface area (Å²) in [5.74, 6) is -0.210. The molecular weight excluding hydrogens is 458 g/mol. The third-order valence-electron chi connectivity index (χ3n) is 5.75. The highest BCUT2D eigenvalue weighted by Gasteiger charge is 2.18. The minimum atomic E-state index is -0.615.